The van der Waals surface area contributed by atoms with E-state index >= 15 is 0 Å². The lowest BCUT2D eigenvalue weighted by atomic mass is 10.2. The number of aryl methyl sites for hydroxylation is 1. The Hall–Kier alpha value is -0.850. The van der Waals surface area contributed by atoms with Crippen molar-refractivity contribution in [2.24, 2.45) is 0 Å². The zero-order chi connectivity index (χ0) is 14.4. The summed E-state index contributed by atoms with van der Waals surface area (Å²) in [6.07, 6.45) is -0.403. The molecule has 1 aromatic rings. The number of benzene rings is 1. The van der Waals surface area contributed by atoms with E-state index in [1.807, 2.05) is 0 Å². The van der Waals surface area contributed by atoms with E-state index in [9.17, 15) is 17.1 Å². The molecule has 0 saturated carbocycles. The molecule has 1 heterocycles. The van der Waals surface area contributed by atoms with Crippen LogP contribution in [0.1, 0.15) is 12.0 Å². The highest BCUT2D eigenvalue weighted by Crippen LogP contribution is 2.38. The first-order chi connectivity index (χ1) is 8.71. The molecule has 1 unspecified atom stereocenters. The molecular formula is C11H10Cl2FNO3S. The molecule has 1 saturated heterocycles. The van der Waals surface area contributed by atoms with E-state index in [1.54, 1.807) is 19.1 Å². The van der Waals surface area contributed by atoms with Crippen molar-refractivity contribution in [3.8, 4) is 0 Å². The zero-order valence-corrected chi connectivity index (χ0v) is 12.2. The van der Waals surface area contributed by atoms with Gasteiger partial charge < -0.3 is 4.90 Å². The topological polar surface area (TPSA) is 54.5 Å². The molecule has 1 aromatic carbocycles. The van der Waals surface area contributed by atoms with E-state index in [-0.39, 0.29) is 22.3 Å². The molecule has 1 aliphatic heterocycles. The van der Waals surface area contributed by atoms with Crippen LogP contribution in [0.3, 0.4) is 0 Å². The molecule has 0 N–H and O–H groups in total. The van der Waals surface area contributed by atoms with Crippen LogP contribution in [0.5, 0.6) is 0 Å². The lowest BCUT2D eigenvalue weighted by molar-refractivity contribution is -0.117. The maximum Gasteiger partial charge on any atom is 0.307 e. The summed E-state index contributed by atoms with van der Waals surface area (Å²) >= 11 is 12.1. The Kier molecular flexibility index (Phi) is 3.77. The van der Waals surface area contributed by atoms with Crippen LogP contribution in [0.15, 0.2) is 12.1 Å². The molecular weight excluding hydrogens is 316 g/mol. The molecule has 0 aromatic heterocycles. The van der Waals surface area contributed by atoms with Gasteiger partial charge in [0, 0.05) is 13.0 Å². The molecule has 1 fully saturated rings. The van der Waals surface area contributed by atoms with Gasteiger partial charge in [0.15, 0.2) is 0 Å². The van der Waals surface area contributed by atoms with Crippen molar-refractivity contribution in [1.82, 2.24) is 0 Å². The third-order valence-corrected chi connectivity index (χ3v) is 4.91. The normalized spacial score (nSPS) is 20.1. The van der Waals surface area contributed by atoms with Gasteiger partial charge in [0.05, 0.1) is 15.7 Å². The Balaban J connectivity index is 2.45. The van der Waals surface area contributed by atoms with E-state index < -0.39 is 27.8 Å². The number of amides is 1. The van der Waals surface area contributed by atoms with E-state index in [0.717, 1.165) is 4.90 Å². The van der Waals surface area contributed by atoms with Crippen LogP contribution in [0.2, 0.25) is 10.0 Å². The Bertz CT molecular complexity index is 648. The van der Waals surface area contributed by atoms with Gasteiger partial charge in [-0.05, 0) is 18.6 Å². The largest absolute Gasteiger partial charge is 0.308 e. The van der Waals surface area contributed by atoms with Gasteiger partial charge in [-0.1, -0.05) is 29.3 Å². The third-order valence-electron chi connectivity index (χ3n) is 3.02. The smallest absolute Gasteiger partial charge is 0.307 e. The number of carbonyl (C=O) groups excluding carboxylic acids is 1. The van der Waals surface area contributed by atoms with Crippen molar-refractivity contribution in [3.63, 3.8) is 0 Å². The highest BCUT2D eigenvalue weighted by molar-refractivity contribution is 7.87. The maximum atomic E-state index is 13.0. The van der Waals surface area contributed by atoms with E-state index in [4.69, 9.17) is 23.2 Å². The Morgan fingerprint density at radius 3 is 2.53 bits per heavy atom. The van der Waals surface area contributed by atoms with Crippen molar-refractivity contribution < 1.29 is 17.1 Å². The SMILES string of the molecule is Cc1ccc(Cl)c(N2CC(S(=O)(=O)F)CC2=O)c1Cl. The van der Waals surface area contributed by atoms with Crippen molar-refractivity contribution in [1.29, 1.82) is 0 Å². The number of rotatable bonds is 2. The van der Waals surface area contributed by atoms with Crippen molar-refractivity contribution >= 4 is 45.0 Å². The predicted octanol–water partition coefficient (Wildman–Crippen LogP) is 2.71. The molecule has 0 bridgehead atoms. The van der Waals surface area contributed by atoms with Gasteiger partial charge in [0.25, 0.3) is 0 Å². The number of carbonyl (C=O) groups is 1. The Labute approximate surface area is 120 Å². The predicted molar refractivity (Wildman–Crippen MR) is 72.0 cm³/mol. The van der Waals surface area contributed by atoms with Crippen molar-refractivity contribution in [2.45, 2.75) is 18.6 Å². The van der Waals surface area contributed by atoms with Gasteiger partial charge >= 0.3 is 10.2 Å². The van der Waals surface area contributed by atoms with Gasteiger partial charge in [-0.15, -0.1) is 3.89 Å². The quantitative estimate of drug-likeness (QED) is 0.785. The molecule has 104 valence electrons. The Morgan fingerprint density at radius 2 is 2.00 bits per heavy atom. The monoisotopic (exact) mass is 325 g/mol. The summed E-state index contributed by atoms with van der Waals surface area (Å²) in [6.45, 7) is 1.45. The van der Waals surface area contributed by atoms with Crippen LogP contribution in [0, 0.1) is 6.92 Å². The minimum absolute atomic E-state index is 0.223. The molecule has 0 aliphatic carbocycles. The lowest BCUT2D eigenvalue weighted by Crippen LogP contribution is -2.27. The van der Waals surface area contributed by atoms with Gasteiger partial charge in [0.2, 0.25) is 5.91 Å². The number of anilines is 1. The molecule has 4 nitrogen and oxygen atoms in total. The standard InChI is InChI=1S/C11H10Cl2FNO3S/c1-6-2-3-8(12)11(10(6)13)15-5-7(4-9(15)16)19(14,17)18/h2-3,7H,4-5H2,1H3. The van der Waals surface area contributed by atoms with E-state index in [2.05, 4.69) is 0 Å². The second kappa shape index (κ2) is 4.92. The van der Waals surface area contributed by atoms with E-state index in [0.29, 0.717) is 5.56 Å². The molecule has 1 atom stereocenters. The van der Waals surface area contributed by atoms with Crippen molar-refractivity contribution in [2.75, 3.05) is 11.4 Å². The summed E-state index contributed by atoms with van der Waals surface area (Å²) in [6, 6.07) is 3.24. The fraction of sp³-hybridized carbons (Fsp3) is 0.364. The van der Waals surface area contributed by atoms with Gasteiger partial charge in [-0.25, -0.2) is 0 Å². The highest BCUT2D eigenvalue weighted by atomic mass is 35.5. The minimum atomic E-state index is -4.76. The second-order valence-electron chi connectivity index (χ2n) is 4.33. The van der Waals surface area contributed by atoms with Crippen LogP contribution >= 0.6 is 23.2 Å². The second-order valence-corrected chi connectivity index (χ2v) is 6.74. The van der Waals surface area contributed by atoms with Gasteiger partial charge in [-0.3, -0.25) is 4.79 Å². The maximum absolute atomic E-state index is 13.0. The summed E-state index contributed by atoms with van der Waals surface area (Å²) in [4.78, 5) is 12.9. The van der Waals surface area contributed by atoms with Crippen LogP contribution in [0.4, 0.5) is 9.57 Å². The number of hydrogen-bond donors (Lipinski definition) is 0. The summed E-state index contributed by atoms with van der Waals surface area (Å²) in [5, 5.41) is -0.883. The molecule has 0 spiro atoms. The molecule has 19 heavy (non-hydrogen) atoms. The number of halogens is 3. The van der Waals surface area contributed by atoms with E-state index in [1.165, 1.54) is 0 Å². The van der Waals surface area contributed by atoms with Crippen LogP contribution in [-0.2, 0) is 15.0 Å². The highest BCUT2D eigenvalue weighted by Gasteiger charge is 2.40. The average molecular weight is 326 g/mol. The van der Waals surface area contributed by atoms with Crippen LogP contribution in [0.25, 0.3) is 0 Å². The number of hydrogen-bond acceptors (Lipinski definition) is 3. The van der Waals surface area contributed by atoms with Crippen LogP contribution < -0.4 is 4.90 Å². The first kappa shape index (κ1) is 14.6. The van der Waals surface area contributed by atoms with Gasteiger partial charge in [0.1, 0.15) is 5.25 Å². The fourth-order valence-electron chi connectivity index (χ4n) is 1.97. The summed E-state index contributed by atoms with van der Waals surface area (Å²) in [5.74, 6) is -0.513. The summed E-state index contributed by atoms with van der Waals surface area (Å²) in [7, 11) is -4.76. The summed E-state index contributed by atoms with van der Waals surface area (Å²) < 4.78 is 34.7. The van der Waals surface area contributed by atoms with Crippen molar-refractivity contribution in [3.05, 3.63) is 27.7 Å². The molecule has 0 radical (unpaired) electrons. The zero-order valence-electron chi connectivity index (χ0n) is 9.86. The molecule has 1 aliphatic rings. The first-order valence-corrected chi connectivity index (χ1v) is 7.60. The number of nitrogens with zero attached hydrogens (tertiary/aromatic N) is 1. The molecule has 8 heteroatoms. The Morgan fingerprint density at radius 1 is 1.37 bits per heavy atom. The van der Waals surface area contributed by atoms with Gasteiger partial charge in [-0.2, -0.15) is 8.42 Å². The fourth-order valence-corrected chi connectivity index (χ4v) is 3.21. The first-order valence-electron chi connectivity index (χ1n) is 5.40. The third kappa shape index (κ3) is 2.70. The average Bonchev–Trinajstić information content (AvgIpc) is 2.67. The lowest BCUT2D eigenvalue weighted by Gasteiger charge is -2.20. The molecule has 1 amide bonds. The van der Waals surface area contributed by atoms with Crippen LogP contribution in [-0.4, -0.2) is 26.1 Å². The summed E-state index contributed by atoms with van der Waals surface area (Å²) in [5.41, 5.74) is 0.930. The molecule has 2 rings (SSSR count). The minimum Gasteiger partial charge on any atom is -0.308 e.